The fourth-order valence-corrected chi connectivity index (χ4v) is 2.46. The average molecular weight is 323 g/mol. The summed E-state index contributed by atoms with van der Waals surface area (Å²) in [6.45, 7) is 5.74. The van der Waals surface area contributed by atoms with Crippen molar-refractivity contribution in [2.45, 2.75) is 26.3 Å². The summed E-state index contributed by atoms with van der Waals surface area (Å²) >= 11 is 0. The Bertz CT molecular complexity index is 861. The van der Waals surface area contributed by atoms with Crippen molar-refractivity contribution in [2.24, 2.45) is 9.98 Å². The lowest BCUT2D eigenvalue weighted by Gasteiger charge is -2.27. The van der Waals surface area contributed by atoms with Crippen LogP contribution in [0.3, 0.4) is 0 Å². The predicted molar refractivity (Wildman–Crippen MR) is 97.0 cm³/mol. The van der Waals surface area contributed by atoms with Gasteiger partial charge in [-0.25, -0.2) is 9.98 Å². The Balaban J connectivity index is 2.03. The number of hydrogen-bond acceptors (Lipinski definition) is 5. The van der Waals surface area contributed by atoms with Gasteiger partial charge in [0.25, 0.3) is 0 Å². The first-order chi connectivity index (χ1) is 11.4. The third-order valence-corrected chi connectivity index (χ3v) is 3.84. The fraction of sp³-hybridized carbons (Fsp3) is 0.263. The number of methoxy groups -OCH3 is 1. The van der Waals surface area contributed by atoms with Crippen LogP contribution in [-0.4, -0.2) is 35.0 Å². The van der Waals surface area contributed by atoms with Crippen molar-refractivity contribution in [2.75, 3.05) is 7.11 Å². The van der Waals surface area contributed by atoms with Crippen LogP contribution in [0.1, 0.15) is 26.3 Å². The Morgan fingerprint density at radius 1 is 1.08 bits per heavy atom. The maximum Gasteiger partial charge on any atom is 0.160 e. The minimum absolute atomic E-state index is 0.397. The molecule has 0 amide bonds. The summed E-state index contributed by atoms with van der Waals surface area (Å²) in [7, 11) is 1.66. The van der Waals surface area contributed by atoms with E-state index in [4.69, 9.17) is 4.74 Å². The van der Waals surface area contributed by atoms with E-state index in [0.29, 0.717) is 11.5 Å². The third-order valence-electron chi connectivity index (χ3n) is 3.84. The first-order valence-corrected chi connectivity index (χ1v) is 7.79. The number of hydroxylamine groups is 2. The number of nitrogens with zero attached hydrogens (tertiary/aromatic N) is 3. The molecule has 5 heteroatoms. The molecule has 0 radical (unpaired) electrons. The summed E-state index contributed by atoms with van der Waals surface area (Å²) in [5.41, 5.74) is 1.15. The lowest BCUT2D eigenvalue weighted by atomic mass is 10.0. The molecule has 5 nitrogen and oxygen atoms in total. The predicted octanol–water partition coefficient (Wildman–Crippen LogP) is 4.01. The van der Waals surface area contributed by atoms with E-state index in [1.165, 1.54) is 0 Å². The molecule has 0 aromatic heterocycles. The number of fused-ring (bicyclic) bond motifs is 1. The van der Waals surface area contributed by atoms with Gasteiger partial charge in [0.1, 0.15) is 11.4 Å². The Morgan fingerprint density at radius 2 is 1.79 bits per heavy atom. The van der Waals surface area contributed by atoms with Gasteiger partial charge in [-0.1, -0.05) is 24.3 Å². The molecule has 0 saturated carbocycles. The molecular formula is C19H21N3O2. The monoisotopic (exact) mass is 323 g/mol. The van der Waals surface area contributed by atoms with Crippen LogP contribution in [0.15, 0.2) is 58.3 Å². The second-order valence-electron chi connectivity index (χ2n) is 6.62. The number of rotatable bonds is 3. The Hall–Kier alpha value is -2.66. The highest BCUT2D eigenvalue weighted by molar-refractivity contribution is 6.17. The minimum Gasteiger partial charge on any atom is -0.496 e. The third kappa shape index (κ3) is 3.03. The van der Waals surface area contributed by atoms with Gasteiger partial charge in [-0.05, 0) is 38.3 Å². The highest BCUT2D eigenvalue weighted by Gasteiger charge is 2.19. The quantitative estimate of drug-likeness (QED) is 0.868. The summed E-state index contributed by atoms with van der Waals surface area (Å²) < 4.78 is 5.43. The number of aliphatic imine (C=N–C) groups is 2. The number of benzene rings is 2. The van der Waals surface area contributed by atoms with Crippen molar-refractivity contribution in [3.8, 4) is 5.75 Å². The van der Waals surface area contributed by atoms with Gasteiger partial charge in [0, 0.05) is 10.9 Å². The highest BCUT2D eigenvalue weighted by Crippen LogP contribution is 2.30. The van der Waals surface area contributed by atoms with E-state index >= 15 is 0 Å². The van der Waals surface area contributed by atoms with Crippen LogP contribution in [0.4, 0.5) is 0 Å². The normalized spacial score (nSPS) is 15.9. The molecule has 24 heavy (non-hydrogen) atoms. The molecule has 124 valence electrons. The van der Waals surface area contributed by atoms with Gasteiger partial charge in [0.05, 0.1) is 25.1 Å². The lowest BCUT2D eigenvalue weighted by Crippen LogP contribution is -2.34. The maximum atomic E-state index is 10.1. The van der Waals surface area contributed by atoms with E-state index in [9.17, 15) is 5.21 Å². The molecule has 0 fully saturated rings. The number of ether oxygens (including phenoxy) is 1. The van der Waals surface area contributed by atoms with E-state index in [1.54, 1.807) is 19.5 Å². The van der Waals surface area contributed by atoms with Gasteiger partial charge in [0.15, 0.2) is 5.84 Å². The maximum absolute atomic E-state index is 10.1. The standard InChI is InChI=1S/C19H21N3O2/c1-19(2,3)22(23)12-13-11-20-18(21-13)16-9-10-17(24-4)15-8-6-5-7-14(15)16/h5-12,23H,1-4H3. The molecule has 0 spiro atoms. The highest BCUT2D eigenvalue weighted by atomic mass is 16.5. The molecule has 2 aromatic carbocycles. The molecule has 1 N–H and O–H groups in total. The summed E-state index contributed by atoms with van der Waals surface area (Å²) in [6, 6.07) is 11.9. The van der Waals surface area contributed by atoms with Gasteiger partial charge in [-0.15, -0.1) is 0 Å². The van der Waals surface area contributed by atoms with Crippen molar-refractivity contribution in [3.05, 3.63) is 53.9 Å². The Morgan fingerprint density at radius 3 is 2.46 bits per heavy atom. The second kappa shape index (κ2) is 6.09. The summed E-state index contributed by atoms with van der Waals surface area (Å²) in [5.74, 6) is 1.45. The number of hydrogen-bond donors (Lipinski definition) is 1. The van der Waals surface area contributed by atoms with Crippen molar-refractivity contribution >= 4 is 22.8 Å². The molecule has 1 aliphatic rings. The van der Waals surface area contributed by atoms with Gasteiger partial charge < -0.3 is 4.74 Å². The molecule has 0 atom stereocenters. The van der Waals surface area contributed by atoms with Gasteiger partial charge in [-0.2, -0.15) is 0 Å². The molecule has 3 rings (SSSR count). The molecule has 0 bridgehead atoms. The van der Waals surface area contributed by atoms with Gasteiger partial charge >= 0.3 is 0 Å². The number of amidine groups is 1. The van der Waals surface area contributed by atoms with Crippen LogP contribution < -0.4 is 4.74 Å². The summed E-state index contributed by atoms with van der Waals surface area (Å²) in [4.78, 5) is 8.94. The second-order valence-corrected chi connectivity index (χ2v) is 6.62. The van der Waals surface area contributed by atoms with E-state index in [1.807, 2.05) is 57.2 Å². The van der Waals surface area contributed by atoms with Crippen molar-refractivity contribution in [1.82, 2.24) is 5.06 Å². The smallest absolute Gasteiger partial charge is 0.160 e. The first kappa shape index (κ1) is 16.2. The average Bonchev–Trinajstić information content (AvgIpc) is 3.01. The van der Waals surface area contributed by atoms with Crippen molar-refractivity contribution < 1.29 is 9.94 Å². The van der Waals surface area contributed by atoms with Crippen LogP contribution in [0.5, 0.6) is 5.75 Å². The molecule has 0 saturated heterocycles. The summed E-state index contributed by atoms with van der Waals surface area (Å²) in [6.07, 6.45) is 3.24. The van der Waals surface area contributed by atoms with Gasteiger partial charge in [0.2, 0.25) is 0 Å². The lowest BCUT2D eigenvalue weighted by molar-refractivity contribution is -0.110. The van der Waals surface area contributed by atoms with E-state index in [-0.39, 0.29) is 0 Å². The van der Waals surface area contributed by atoms with Crippen LogP contribution in [0, 0.1) is 0 Å². The molecule has 1 aliphatic heterocycles. The van der Waals surface area contributed by atoms with Crippen LogP contribution >= 0.6 is 0 Å². The van der Waals surface area contributed by atoms with Crippen LogP contribution in [-0.2, 0) is 0 Å². The first-order valence-electron chi connectivity index (χ1n) is 7.79. The summed E-state index contributed by atoms with van der Waals surface area (Å²) in [5, 5.41) is 13.3. The van der Waals surface area contributed by atoms with Crippen LogP contribution in [0.25, 0.3) is 10.8 Å². The molecular weight excluding hydrogens is 302 g/mol. The van der Waals surface area contributed by atoms with E-state index < -0.39 is 5.54 Å². The molecule has 1 heterocycles. The zero-order chi connectivity index (χ0) is 17.3. The topological polar surface area (TPSA) is 57.4 Å². The fourth-order valence-electron chi connectivity index (χ4n) is 2.46. The zero-order valence-corrected chi connectivity index (χ0v) is 14.3. The van der Waals surface area contributed by atoms with Crippen molar-refractivity contribution in [1.29, 1.82) is 0 Å². The van der Waals surface area contributed by atoms with Gasteiger partial charge in [-0.3, -0.25) is 10.3 Å². The Kier molecular flexibility index (Phi) is 4.11. The molecule has 0 unspecified atom stereocenters. The van der Waals surface area contributed by atoms with E-state index in [0.717, 1.165) is 27.1 Å². The van der Waals surface area contributed by atoms with E-state index in [2.05, 4.69) is 9.98 Å². The largest absolute Gasteiger partial charge is 0.496 e. The SMILES string of the molecule is COc1ccc(C2=NC(=CN(O)C(C)(C)C)C=N2)c2ccccc12. The minimum atomic E-state index is -0.397. The van der Waals surface area contributed by atoms with Crippen molar-refractivity contribution in [3.63, 3.8) is 0 Å². The molecule has 0 aliphatic carbocycles. The van der Waals surface area contributed by atoms with Crippen LogP contribution in [0.2, 0.25) is 0 Å². The Labute approximate surface area is 141 Å². The molecule has 2 aromatic rings. The number of allylic oxidation sites excluding steroid dienone is 1. The zero-order valence-electron chi connectivity index (χ0n) is 14.3.